The number of carbonyl (C=O) groups is 1. The summed E-state index contributed by atoms with van der Waals surface area (Å²) in [5, 5.41) is 8.05. The maximum Gasteiger partial charge on any atom is 0.240 e. The van der Waals surface area contributed by atoms with E-state index in [1.807, 2.05) is 67.6 Å². The van der Waals surface area contributed by atoms with Gasteiger partial charge in [-0.05, 0) is 48.4 Å². The third kappa shape index (κ3) is 4.07. The first-order valence-corrected chi connectivity index (χ1v) is 11.9. The fourth-order valence-electron chi connectivity index (χ4n) is 4.54. The number of rotatable bonds is 3. The van der Waals surface area contributed by atoms with Crippen LogP contribution in [0.1, 0.15) is 36.2 Å². The summed E-state index contributed by atoms with van der Waals surface area (Å²) in [5.74, 6) is -0.0920. The lowest BCUT2D eigenvalue weighted by molar-refractivity contribution is -0.130. The van der Waals surface area contributed by atoms with Gasteiger partial charge >= 0.3 is 0 Å². The summed E-state index contributed by atoms with van der Waals surface area (Å²) in [6.07, 6.45) is 0.602. The average Bonchev–Trinajstić information content (AvgIpc) is 3.24. The molecule has 1 aliphatic rings. The zero-order valence-electron chi connectivity index (χ0n) is 18.2. The molecule has 2 heterocycles. The van der Waals surface area contributed by atoms with Gasteiger partial charge in [0.05, 0.1) is 17.3 Å². The maximum atomic E-state index is 12.6. The lowest BCUT2D eigenvalue weighted by atomic mass is 9.89. The van der Waals surface area contributed by atoms with E-state index < -0.39 is 0 Å². The Morgan fingerprint density at radius 1 is 1.03 bits per heavy atom. The molecule has 0 aliphatic carbocycles. The van der Waals surface area contributed by atoms with Crippen molar-refractivity contribution in [2.24, 2.45) is 5.10 Å². The van der Waals surface area contributed by atoms with Crippen LogP contribution in [0.5, 0.6) is 0 Å². The molecule has 4 nitrogen and oxygen atoms in total. The maximum absolute atomic E-state index is 12.6. The standard InChI is InChI=1S/C27H21BrClN3O/c1-16-26(24-15-25(32(31-24)17(2)33)19-9-6-10-20(28)13-19)27(18-7-4-3-5-8-18)22-14-21(29)11-12-23(22)30-16/h3-14,25H,15H2,1-2H3/t25-/m1/s1. The Labute approximate surface area is 206 Å². The van der Waals surface area contributed by atoms with E-state index in [9.17, 15) is 4.79 Å². The van der Waals surface area contributed by atoms with Crippen molar-refractivity contribution in [1.29, 1.82) is 0 Å². The number of amides is 1. The first-order valence-electron chi connectivity index (χ1n) is 10.7. The minimum Gasteiger partial charge on any atom is -0.273 e. The van der Waals surface area contributed by atoms with Crippen LogP contribution in [0.4, 0.5) is 0 Å². The van der Waals surface area contributed by atoms with Crippen molar-refractivity contribution in [3.8, 4) is 11.1 Å². The van der Waals surface area contributed by atoms with Gasteiger partial charge in [0.1, 0.15) is 0 Å². The number of fused-ring (bicyclic) bond motifs is 1. The fourth-order valence-corrected chi connectivity index (χ4v) is 5.13. The number of aromatic nitrogens is 1. The molecule has 0 spiro atoms. The highest BCUT2D eigenvalue weighted by atomic mass is 79.9. The number of aryl methyl sites for hydroxylation is 1. The molecule has 1 aromatic heterocycles. The van der Waals surface area contributed by atoms with E-state index in [0.717, 1.165) is 49.0 Å². The Kier molecular flexibility index (Phi) is 5.77. The Hall–Kier alpha value is -3.02. The van der Waals surface area contributed by atoms with Crippen LogP contribution in [0.3, 0.4) is 0 Å². The minimum absolute atomic E-state index is 0.0920. The molecule has 1 aliphatic heterocycles. The number of carbonyl (C=O) groups excluding carboxylic acids is 1. The predicted octanol–water partition coefficient (Wildman–Crippen LogP) is 7.32. The zero-order chi connectivity index (χ0) is 23.1. The summed E-state index contributed by atoms with van der Waals surface area (Å²) in [6.45, 7) is 3.56. The molecule has 1 amide bonds. The van der Waals surface area contributed by atoms with E-state index >= 15 is 0 Å². The lowest BCUT2D eigenvalue weighted by Gasteiger charge is -2.20. The third-order valence-electron chi connectivity index (χ3n) is 5.95. The van der Waals surface area contributed by atoms with Crippen molar-refractivity contribution in [3.63, 3.8) is 0 Å². The van der Waals surface area contributed by atoms with Gasteiger partial charge in [-0.1, -0.05) is 70.0 Å². The highest BCUT2D eigenvalue weighted by Crippen LogP contribution is 2.40. The molecule has 164 valence electrons. The Bertz CT molecular complexity index is 1420. The van der Waals surface area contributed by atoms with Crippen LogP contribution in [0, 0.1) is 6.92 Å². The van der Waals surface area contributed by atoms with Crippen molar-refractivity contribution in [3.05, 3.63) is 99.1 Å². The number of hydrogen-bond donors (Lipinski definition) is 0. The molecular formula is C27H21BrClN3O. The monoisotopic (exact) mass is 517 g/mol. The van der Waals surface area contributed by atoms with Gasteiger partial charge in [0.15, 0.2) is 0 Å². The SMILES string of the molecule is CC(=O)N1N=C(c2c(C)nc3ccc(Cl)cc3c2-c2ccccc2)C[C@@H]1c1cccc(Br)c1. The molecule has 1 atom stereocenters. The molecular weight excluding hydrogens is 498 g/mol. The van der Waals surface area contributed by atoms with Gasteiger partial charge in [0.25, 0.3) is 0 Å². The van der Waals surface area contributed by atoms with Crippen LogP contribution in [-0.4, -0.2) is 21.6 Å². The Morgan fingerprint density at radius 3 is 2.55 bits per heavy atom. The largest absolute Gasteiger partial charge is 0.273 e. The van der Waals surface area contributed by atoms with Gasteiger partial charge in [-0.25, -0.2) is 5.01 Å². The predicted molar refractivity (Wildman–Crippen MR) is 137 cm³/mol. The first kappa shape index (κ1) is 21.8. The molecule has 0 bridgehead atoms. The third-order valence-corrected chi connectivity index (χ3v) is 6.67. The lowest BCUT2D eigenvalue weighted by Crippen LogP contribution is -2.24. The van der Waals surface area contributed by atoms with Crippen molar-refractivity contribution < 1.29 is 4.79 Å². The minimum atomic E-state index is -0.173. The van der Waals surface area contributed by atoms with E-state index in [0.29, 0.717) is 11.4 Å². The summed E-state index contributed by atoms with van der Waals surface area (Å²) in [5.41, 5.74) is 6.70. The van der Waals surface area contributed by atoms with Gasteiger partial charge in [-0.3, -0.25) is 9.78 Å². The van der Waals surface area contributed by atoms with E-state index in [1.165, 1.54) is 0 Å². The Balaban J connectivity index is 1.74. The molecule has 0 unspecified atom stereocenters. The van der Waals surface area contributed by atoms with Crippen LogP contribution in [0.15, 0.2) is 82.4 Å². The summed E-state index contributed by atoms with van der Waals surface area (Å²) in [7, 11) is 0. The van der Waals surface area contributed by atoms with E-state index in [-0.39, 0.29) is 11.9 Å². The van der Waals surface area contributed by atoms with E-state index in [2.05, 4.69) is 28.1 Å². The molecule has 3 aromatic carbocycles. The highest BCUT2D eigenvalue weighted by molar-refractivity contribution is 9.10. The molecule has 0 radical (unpaired) electrons. The molecule has 6 heteroatoms. The molecule has 0 saturated carbocycles. The average molecular weight is 519 g/mol. The van der Waals surface area contributed by atoms with Crippen LogP contribution >= 0.6 is 27.5 Å². The van der Waals surface area contributed by atoms with Crippen molar-refractivity contribution in [2.45, 2.75) is 26.3 Å². The van der Waals surface area contributed by atoms with Crippen molar-refractivity contribution >= 4 is 50.1 Å². The number of hydrogen-bond acceptors (Lipinski definition) is 3. The van der Waals surface area contributed by atoms with Gasteiger partial charge in [-0.2, -0.15) is 5.10 Å². The number of hydrazone groups is 1. The summed E-state index contributed by atoms with van der Waals surface area (Å²) in [4.78, 5) is 17.4. The second kappa shape index (κ2) is 8.73. The Morgan fingerprint density at radius 2 is 1.82 bits per heavy atom. The number of pyridine rings is 1. The second-order valence-corrected chi connectivity index (χ2v) is 9.51. The van der Waals surface area contributed by atoms with Crippen molar-refractivity contribution in [2.75, 3.05) is 0 Å². The molecule has 0 saturated heterocycles. The normalized spacial score (nSPS) is 15.7. The van der Waals surface area contributed by atoms with E-state index in [1.54, 1.807) is 11.9 Å². The smallest absolute Gasteiger partial charge is 0.240 e. The number of halogens is 2. The summed E-state index contributed by atoms with van der Waals surface area (Å²) >= 11 is 9.95. The molecule has 0 N–H and O–H groups in total. The van der Waals surface area contributed by atoms with Crippen LogP contribution in [0.2, 0.25) is 5.02 Å². The van der Waals surface area contributed by atoms with Crippen LogP contribution in [0.25, 0.3) is 22.0 Å². The van der Waals surface area contributed by atoms with Gasteiger partial charge in [-0.15, -0.1) is 0 Å². The number of nitrogens with zero attached hydrogens (tertiary/aromatic N) is 3. The molecule has 33 heavy (non-hydrogen) atoms. The van der Waals surface area contributed by atoms with Crippen molar-refractivity contribution in [1.82, 2.24) is 9.99 Å². The quantitative estimate of drug-likeness (QED) is 0.285. The number of benzene rings is 3. The molecule has 0 fully saturated rings. The van der Waals surface area contributed by atoms with E-state index in [4.69, 9.17) is 21.7 Å². The van der Waals surface area contributed by atoms with Gasteiger partial charge in [0.2, 0.25) is 5.91 Å². The fraction of sp³-hybridized carbons (Fsp3) is 0.148. The van der Waals surface area contributed by atoms with Gasteiger partial charge < -0.3 is 0 Å². The second-order valence-electron chi connectivity index (χ2n) is 8.16. The zero-order valence-corrected chi connectivity index (χ0v) is 20.6. The first-order chi connectivity index (χ1) is 15.9. The molecule has 4 aromatic rings. The van der Waals surface area contributed by atoms with Crippen LogP contribution in [-0.2, 0) is 4.79 Å². The topological polar surface area (TPSA) is 45.6 Å². The molecule has 5 rings (SSSR count). The highest BCUT2D eigenvalue weighted by Gasteiger charge is 2.33. The summed E-state index contributed by atoms with van der Waals surface area (Å²) < 4.78 is 0.972. The summed E-state index contributed by atoms with van der Waals surface area (Å²) in [6, 6.07) is 23.8. The van der Waals surface area contributed by atoms with Gasteiger partial charge in [0, 0.05) is 45.0 Å². The van der Waals surface area contributed by atoms with Crippen LogP contribution < -0.4 is 0 Å².